The molecule has 110 valence electrons. The summed E-state index contributed by atoms with van der Waals surface area (Å²) in [5.74, 6) is 5.70. The van der Waals surface area contributed by atoms with Crippen molar-refractivity contribution in [2.75, 3.05) is 17.8 Å². The normalized spacial score (nSPS) is 11.2. The molecule has 0 amide bonds. The molecule has 0 aliphatic heterocycles. The lowest BCUT2D eigenvalue weighted by molar-refractivity contribution is 1.02. The van der Waals surface area contributed by atoms with Crippen LogP contribution in [0.1, 0.15) is 11.3 Å². The van der Waals surface area contributed by atoms with Gasteiger partial charge in [0.15, 0.2) is 0 Å². The molecule has 0 bridgehead atoms. The molecule has 4 N–H and O–H groups in total. The molecule has 0 aliphatic carbocycles. The van der Waals surface area contributed by atoms with Crippen molar-refractivity contribution in [3.05, 3.63) is 65.9 Å². The van der Waals surface area contributed by atoms with Crippen LogP contribution in [0.2, 0.25) is 0 Å². The van der Waals surface area contributed by atoms with Crippen molar-refractivity contribution in [3.63, 3.8) is 0 Å². The lowest BCUT2D eigenvalue weighted by Gasteiger charge is -2.13. The topological polar surface area (TPSA) is 68.2 Å². The number of para-hydroxylation sites is 1. The Morgan fingerprint density at radius 3 is 2.59 bits per heavy atom. The van der Waals surface area contributed by atoms with Crippen LogP contribution in [0.15, 0.2) is 54.6 Å². The fourth-order valence-electron chi connectivity index (χ4n) is 2.28. The predicted octanol–water partition coefficient (Wildman–Crippen LogP) is 3.30. The average Bonchev–Trinajstić information content (AvgIpc) is 2.53. The third-order valence-corrected chi connectivity index (χ3v) is 3.53. The van der Waals surface area contributed by atoms with Gasteiger partial charge in [-0.05, 0) is 35.9 Å². The summed E-state index contributed by atoms with van der Waals surface area (Å²) in [6, 6.07) is 17.9. The second kappa shape index (κ2) is 5.87. The first kappa shape index (κ1) is 14.1. The van der Waals surface area contributed by atoms with Crippen molar-refractivity contribution < 1.29 is 0 Å². The zero-order valence-corrected chi connectivity index (χ0v) is 12.4. The van der Waals surface area contributed by atoms with Crippen LogP contribution in [0.25, 0.3) is 23.1 Å². The van der Waals surface area contributed by atoms with E-state index >= 15 is 0 Å². The molecule has 4 nitrogen and oxygen atoms in total. The van der Waals surface area contributed by atoms with Gasteiger partial charge in [0.25, 0.3) is 0 Å². The van der Waals surface area contributed by atoms with Crippen molar-refractivity contribution >= 4 is 34.4 Å². The number of rotatable bonds is 3. The standard InChI is InChI=1S/C18H18N4/c1-22(20)16-11-8-13(17(19)12-16)6-9-15-10-7-14-4-2-3-5-18(14)21-15/h2-12H,19-20H2,1H3. The molecule has 0 saturated carbocycles. The van der Waals surface area contributed by atoms with E-state index in [1.54, 1.807) is 7.05 Å². The zero-order chi connectivity index (χ0) is 15.5. The van der Waals surface area contributed by atoms with Gasteiger partial charge in [-0.15, -0.1) is 0 Å². The highest BCUT2D eigenvalue weighted by molar-refractivity contribution is 5.82. The molecule has 1 aromatic heterocycles. The van der Waals surface area contributed by atoms with E-state index < -0.39 is 0 Å². The van der Waals surface area contributed by atoms with Gasteiger partial charge in [0, 0.05) is 18.1 Å². The highest BCUT2D eigenvalue weighted by Gasteiger charge is 2.00. The summed E-state index contributed by atoms with van der Waals surface area (Å²) < 4.78 is 0. The third kappa shape index (κ3) is 2.92. The third-order valence-electron chi connectivity index (χ3n) is 3.53. The lowest BCUT2D eigenvalue weighted by Crippen LogP contribution is -2.24. The first-order chi connectivity index (χ1) is 10.6. The van der Waals surface area contributed by atoms with Crippen molar-refractivity contribution in [2.24, 2.45) is 5.84 Å². The van der Waals surface area contributed by atoms with Crippen LogP contribution < -0.4 is 16.6 Å². The van der Waals surface area contributed by atoms with Gasteiger partial charge < -0.3 is 10.7 Å². The monoisotopic (exact) mass is 290 g/mol. The number of nitrogens with zero attached hydrogens (tertiary/aromatic N) is 2. The summed E-state index contributed by atoms with van der Waals surface area (Å²) in [5.41, 5.74) is 10.5. The minimum absolute atomic E-state index is 0.687. The Morgan fingerprint density at radius 2 is 1.82 bits per heavy atom. The SMILES string of the molecule is CN(N)c1ccc(C=Cc2ccc3ccccc3n2)c(N)c1. The van der Waals surface area contributed by atoms with Crippen molar-refractivity contribution in [1.82, 2.24) is 4.98 Å². The maximum Gasteiger partial charge on any atom is 0.0709 e. The summed E-state index contributed by atoms with van der Waals surface area (Å²) in [5, 5.41) is 2.67. The van der Waals surface area contributed by atoms with E-state index in [1.165, 1.54) is 5.01 Å². The second-order valence-electron chi connectivity index (χ2n) is 5.19. The van der Waals surface area contributed by atoms with Gasteiger partial charge in [-0.2, -0.15) is 0 Å². The molecule has 3 rings (SSSR count). The molecule has 22 heavy (non-hydrogen) atoms. The van der Waals surface area contributed by atoms with E-state index in [0.29, 0.717) is 5.69 Å². The highest BCUT2D eigenvalue weighted by Crippen LogP contribution is 2.21. The zero-order valence-electron chi connectivity index (χ0n) is 12.4. The Morgan fingerprint density at radius 1 is 1.00 bits per heavy atom. The molecule has 0 atom stereocenters. The van der Waals surface area contributed by atoms with Gasteiger partial charge in [0.1, 0.15) is 0 Å². The molecule has 0 fully saturated rings. The van der Waals surface area contributed by atoms with Crippen LogP contribution in [-0.4, -0.2) is 12.0 Å². The number of fused-ring (bicyclic) bond motifs is 1. The first-order valence-corrected chi connectivity index (χ1v) is 7.05. The number of hydrogen-bond donors (Lipinski definition) is 2. The van der Waals surface area contributed by atoms with Gasteiger partial charge in [-0.1, -0.05) is 36.4 Å². The molecule has 2 aromatic carbocycles. The smallest absolute Gasteiger partial charge is 0.0709 e. The van der Waals surface area contributed by atoms with Crippen molar-refractivity contribution in [1.29, 1.82) is 0 Å². The number of nitrogens with two attached hydrogens (primary N) is 2. The second-order valence-corrected chi connectivity index (χ2v) is 5.19. The molecule has 1 heterocycles. The molecule has 0 saturated heterocycles. The van der Waals surface area contributed by atoms with Crippen LogP contribution in [0.3, 0.4) is 0 Å². The maximum absolute atomic E-state index is 6.06. The fourth-order valence-corrected chi connectivity index (χ4v) is 2.28. The number of benzene rings is 2. The largest absolute Gasteiger partial charge is 0.398 e. The van der Waals surface area contributed by atoms with Gasteiger partial charge in [-0.25, -0.2) is 10.8 Å². The maximum atomic E-state index is 6.06. The molecule has 0 radical (unpaired) electrons. The molecule has 0 spiro atoms. The summed E-state index contributed by atoms with van der Waals surface area (Å²) >= 11 is 0. The number of pyridine rings is 1. The Kier molecular flexibility index (Phi) is 3.76. The molecule has 0 aliphatic rings. The Balaban J connectivity index is 1.89. The molecule has 3 aromatic rings. The van der Waals surface area contributed by atoms with Gasteiger partial charge in [0.2, 0.25) is 0 Å². The summed E-state index contributed by atoms with van der Waals surface area (Å²) in [4.78, 5) is 4.61. The summed E-state index contributed by atoms with van der Waals surface area (Å²) in [6.07, 6.45) is 3.93. The number of hydrazine groups is 1. The number of hydrogen-bond acceptors (Lipinski definition) is 4. The fraction of sp³-hybridized carbons (Fsp3) is 0.0556. The van der Waals surface area contributed by atoms with E-state index in [4.69, 9.17) is 11.6 Å². The van der Waals surface area contributed by atoms with Crippen molar-refractivity contribution in [3.8, 4) is 0 Å². The van der Waals surface area contributed by atoms with Gasteiger partial charge in [-0.3, -0.25) is 0 Å². The number of anilines is 2. The average molecular weight is 290 g/mol. The Labute approximate surface area is 129 Å². The van der Waals surface area contributed by atoms with Crippen LogP contribution in [0, 0.1) is 0 Å². The molecular formula is C18H18N4. The van der Waals surface area contributed by atoms with Crippen LogP contribution >= 0.6 is 0 Å². The summed E-state index contributed by atoms with van der Waals surface area (Å²) in [6.45, 7) is 0. The van der Waals surface area contributed by atoms with E-state index in [9.17, 15) is 0 Å². The number of aromatic nitrogens is 1. The molecular weight excluding hydrogens is 272 g/mol. The first-order valence-electron chi connectivity index (χ1n) is 7.05. The van der Waals surface area contributed by atoms with E-state index in [0.717, 1.165) is 27.8 Å². The quantitative estimate of drug-likeness (QED) is 0.441. The predicted molar refractivity (Wildman–Crippen MR) is 94.1 cm³/mol. The molecule has 4 heteroatoms. The van der Waals surface area contributed by atoms with Crippen LogP contribution in [-0.2, 0) is 0 Å². The van der Waals surface area contributed by atoms with Crippen LogP contribution in [0.5, 0.6) is 0 Å². The minimum atomic E-state index is 0.687. The molecule has 0 unspecified atom stereocenters. The van der Waals surface area contributed by atoms with E-state index in [-0.39, 0.29) is 0 Å². The van der Waals surface area contributed by atoms with E-state index in [2.05, 4.69) is 17.1 Å². The summed E-state index contributed by atoms with van der Waals surface area (Å²) in [7, 11) is 1.78. The van der Waals surface area contributed by atoms with E-state index in [1.807, 2.05) is 54.6 Å². The lowest BCUT2D eigenvalue weighted by atomic mass is 10.1. The Bertz CT molecular complexity index is 837. The number of nitrogen functional groups attached to an aromatic ring is 1. The Hall–Kier alpha value is -2.85. The minimum Gasteiger partial charge on any atom is -0.398 e. The van der Waals surface area contributed by atoms with Crippen LogP contribution in [0.4, 0.5) is 11.4 Å². The highest BCUT2D eigenvalue weighted by atomic mass is 15.4. The van der Waals surface area contributed by atoms with Gasteiger partial charge in [0.05, 0.1) is 16.9 Å². The van der Waals surface area contributed by atoms with Crippen molar-refractivity contribution in [2.45, 2.75) is 0 Å². The van der Waals surface area contributed by atoms with Gasteiger partial charge >= 0.3 is 0 Å².